The maximum absolute atomic E-state index is 13.0. The second-order valence-corrected chi connectivity index (χ2v) is 8.98. The highest BCUT2D eigenvalue weighted by molar-refractivity contribution is 5.99. The van der Waals surface area contributed by atoms with Gasteiger partial charge in [0.2, 0.25) is 0 Å². The van der Waals surface area contributed by atoms with Crippen molar-refractivity contribution < 1.29 is 23.8 Å². The maximum atomic E-state index is 13.0. The Morgan fingerprint density at radius 3 is 1.80 bits per heavy atom. The van der Waals surface area contributed by atoms with E-state index in [1.807, 2.05) is 66.7 Å². The molecule has 0 aliphatic carbocycles. The lowest BCUT2D eigenvalue weighted by Gasteiger charge is -2.14. The van der Waals surface area contributed by atoms with Crippen LogP contribution >= 0.6 is 0 Å². The standard InChI is InChI=1S/C32H27N3O5/c1-20(31(36)33-24-7-5-4-6-8-24)40-32(37)23-13-18-27-28(19-23)35-30(22-11-16-26(39-3)17-12-22)29(34-27)21-9-14-25(38-2)15-10-21/h4-20H,1-3H3,(H,33,36). The van der Waals surface area contributed by atoms with E-state index >= 15 is 0 Å². The van der Waals surface area contributed by atoms with E-state index in [-0.39, 0.29) is 5.56 Å². The van der Waals surface area contributed by atoms with Gasteiger partial charge in [-0.15, -0.1) is 0 Å². The molecule has 1 atom stereocenters. The first-order valence-corrected chi connectivity index (χ1v) is 12.6. The lowest BCUT2D eigenvalue weighted by atomic mass is 10.0. The van der Waals surface area contributed by atoms with Gasteiger partial charge in [0.25, 0.3) is 5.91 Å². The number of aromatic nitrogens is 2. The molecule has 1 N–H and O–H groups in total. The molecule has 5 rings (SSSR count). The van der Waals surface area contributed by atoms with Gasteiger partial charge in [-0.1, -0.05) is 18.2 Å². The van der Waals surface area contributed by atoms with E-state index < -0.39 is 18.0 Å². The number of esters is 1. The van der Waals surface area contributed by atoms with E-state index in [1.165, 1.54) is 6.92 Å². The Bertz CT molecular complexity index is 1650. The van der Waals surface area contributed by atoms with Gasteiger partial charge in [-0.05, 0) is 85.8 Å². The SMILES string of the molecule is COc1ccc(-c2nc3ccc(C(=O)OC(C)C(=O)Nc4ccccc4)cc3nc2-c2ccc(OC)cc2)cc1. The Balaban J connectivity index is 1.47. The lowest BCUT2D eigenvalue weighted by molar-refractivity contribution is -0.123. The minimum Gasteiger partial charge on any atom is -0.497 e. The summed E-state index contributed by atoms with van der Waals surface area (Å²) in [6.45, 7) is 1.53. The number of para-hydroxylation sites is 1. The average Bonchev–Trinajstić information content (AvgIpc) is 3.00. The number of ether oxygens (including phenoxy) is 3. The Morgan fingerprint density at radius 2 is 1.25 bits per heavy atom. The number of carbonyl (C=O) groups is 2. The molecular formula is C32H27N3O5. The first kappa shape index (κ1) is 26.4. The molecule has 1 heterocycles. The molecule has 1 aromatic heterocycles. The van der Waals surface area contributed by atoms with Gasteiger partial charge in [0.05, 0.1) is 42.2 Å². The molecule has 0 spiro atoms. The molecule has 0 aliphatic heterocycles. The van der Waals surface area contributed by atoms with Crippen LogP contribution in [0, 0.1) is 0 Å². The van der Waals surface area contributed by atoms with Gasteiger partial charge in [0, 0.05) is 16.8 Å². The van der Waals surface area contributed by atoms with Gasteiger partial charge in [0.15, 0.2) is 6.10 Å². The summed E-state index contributed by atoms with van der Waals surface area (Å²) in [5.41, 5.74) is 5.02. The third-order valence-corrected chi connectivity index (χ3v) is 6.32. The van der Waals surface area contributed by atoms with Crippen molar-refractivity contribution in [1.82, 2.24) is 9.97 Å². The first-order chi connectivity index (χ1) is 19.4. The zero-order valence-electron chi connectivity index (χ0n) is 22.3. The van der Waals surface area contributed by atoms with Crippen LogP contribution in [0.25, 0.3) is 33.5 Å². The number of nitrogens with one attached hydrogen (secondary N) is 1. The number of hydrogen-bond donors (Lipinski definition) is 1. The van der Waals surface area contributed by atoms with Gasteiger partial charge < -0.3 is 19.5 Å². The number of carbonyl (C=O) groups excluding carboxylic acids is 2. The van der Waals surface area contributed by atoms with Crippen molar-refractivity contribution in [1.29, 1.82) is 0 Å². The average molecular weight is 534 g/mol. The highest BCUT2D eigenvalue weighted by atomic mass is 16.5. The molecule has 0 saturated heterocycles. The Labute approximate surface area is 231 Å². The van der Waals surface area contributed by atoms with E-state index in [4.69, 9.17) is 24.2 Å². The fourth-order valence-electron chi connectivity index (χ4n) is 4.13. The molecule has 8 nitrogen and oxygen atoms in total. The van der Waals surface area contributed by atoms with Crippen LogP contribution in [0.15, 0.2) is 97.1 Å². The van der Waals surface area contributed by atoms with E-state index in [9.17, 15) is 9.59 Å². The minimum atomic E-state index is -0.998. The molecule has 0 radical (unpaired) electrons. The molecule has 0 fully saturated rings. The summed E-state index contributed by atoms with van der Waals surface area (Å²) >= 11 is 0. The zero-order valence-corrected chi connectivity index (χ0v) is 22.3. The zero-order chi connectivity index (χ0) is 28.1. The number of amides is 1. The molecule has 0 saturated carbocycles. The number of benzene rings is 4. The smallest absolute Gasteiger partial charge is 0.338 e. The minimum absolute atomic E-state index is 0.263. The van der Waals surface area contributed by atoms with Gasteiger partial charge in [0.1, 0.15) is 11.5 Å². The third kappa shape index (κ3) is 5.76. The van der Waals surface area contributed by atoms with Crippen molar-refractivity contribution in [3.8, 4) is 34.0 Å². The quantitative estimate of drug-likeness (QED) is 0.238. The molecule has 5 aromatic rings. The molecule has 1 unspecified atom stereocenters. The largest absolute Gasteiger partial charge is 0.497 e. The predicted molar refractivity (Wildman–Crippen MR) is 153 cm³/mol. The van der Waals surface area contributed by atoms with E-state index in [0.29, 0.717) is 28.1 Å². The summed E-state index contributed by atoms with van der Waals surface area (Å²) in [7, 11) is 3.23. The molecule has 1 amide bonds. The normalized spacial score (nSPS) is 11.5. The number of methoxy groups -OCH3 is 2. The molecule has 200 valence electrons. The van der Waals surface area contributed by atoms with Gasteiger partial charge in [-0.3, -0.25) is 4.79 Å². The maximum Gasteiger partial charge on any atom is 0.338 e. The van der Waals surface area contributed by atoms with Crippen LogP contribution in [-0.4, -0.2) is 42.2 Å². The molecule has 8 heteroatoms. The highest BCUT2D eigenvalue weighted by Crippen LogP contribution is 2.33. The fourth-order valence-corrected chi connectivity index (χ4v) is 4.13. The molecular weight excluding hydrogens is 506 g/mol. The monoisotopic (exact) mass is 533 g/mol. The van der Waals surface area contributed by atoms with Gasteiger partial charge >= 0.3 is 5.97 Å². The summed E-state index contributed by atoms with van der Waals surface area (Å²) < 4.78 is 16.1. The lowest BCUT2D eigenvalue weighted by Crippen LogP contribution is -2.30. The van der Waals surface area contributed by atoms with E-state index in [0.717, 1.165) is 22.6 Å². The van der Waals surface area contributed by atoms with Crippen molar-refractivity contribution in [3.05, 3.63) is 103 Å². The second-order valence-electron chi connectivity index (χ2n) is 8.98. The Hall–Kier alpha value is -5.24. The van der Waals surface area contributed by atoms with Crippen molar-refractivity contribution >= 4 is 28.6 Å². The second kappa shape index (κ2) is 11.7. The number of anilines is 1. The molecule has 40 heavy (non-hydrogen) atoms. The topological polar surface area (TPSA) is 99.6 Å². The summed E-state index contributed by atoms with van der Waals surface area (Å²) in [5.74, 6) is 0.396. The Morgan fingerprint density at radius 1 is 0.700 bits per heavy atom. The summed E-state index contributed by atoms with van der Waals surface area (Å²) in [6, 6.07) is 29.1. The van der Waals surface area contributed by atoms with Crippen LogP contribution in [0.5, 0.6) is 11.5 Å². The van der Waals surface area contributed by atoms with Crippen molar-refractivity contribution in [3.63, 3.8) is 0 Å². The van der Waals surface area contributed by atoms with Gasteiger partial charge in [-0.2, -0.15) is 0 Å². The Kier molecular flexibility index (Phi) is 7.68. The molecule has 0 bridgehead atoms. The van der Waals surface area contributed by atoms with Crippen LogP contribution in [0.4, 0.5) is 5.69 Å². The van der Waals surface area contributed by atoms with Crippen LogP contribution in [0.1, 0.15) is 17.3 Å². The number of nitrogens with zero attached hydrogens (tertiary/aromatic N) is 2. The summed E-state index contributed by atoms with van der Waals surface area (Å²) in [5, 5.41) is 2.74. The van der Waals surface area contributed by atoms with Crippen molar-refractivity contribution in [2.24, 2.45) is 0 Å². The van der Waals surface area contributed by atoms with Crippen molar-refractivity contribution in [2.75, 3.05) is 19.5 Å². The van der Waals surface area contributed by atoms with Crippen LogP contribution in [0.2, 0.25) is 0 Å². The predicted octanol–water partition coefficient (Wildman–Crippen LogP) is 6.17. The van der Waals surface area contributed by atoms with Gasteiger partial charge in [-0.25, -0.2) is 14.8 Å². The fraction of sp³-hybridized carbons (Fsp3) is 0.125. The van der Waals surface area contributed by atoms with Crippen molar-refractivity contribution in [2.45, 2.75) is 13.0 Å². The van der Waals surface area contributed by atoms with Crippen LogP contribution in [-0.2, 0) is 9.53 Å². The molecule has 4 aromatic carbocycles. The number of hydrogen-bond acceptors (Lipinski definition) is 7. The number of rotatable bonds is 8. The number of fused-ring (bicyclic) bond motifs is 1. The van der Waals surface area contributed by atoms with E-state index in [2.05, 4.69) is 5.32 Å². The molecule has 0 aliphatic rings. The first-order valence-electron chi connectivity index (χ1n) is 12.6. The highest BCUT2D eigenvalue weighted by Gasteiger charge is 2.20. The summed E-state index contributed by atoms with van der Waals surface area (Å²) in [6.07, 6.45) is -0.998. The van der Waals surface area contributed by atoms with Crippen LogP contribution < -0.4 is 14.8 Å². The third-order valence-electron chi connectivity index (χ3n) is 6.32. The summed E-state index contributed by atoms with van der Waals surface area (Å²) in [4.78, 5) is 35.3. The van der Waals surface area contributed by atoms with Crippen LogP contribution in [0.3, 0.4) is 0 Å². The van der Waals surface area contributed by atoms with E-state index in [1.54, 1.807) is 44.6 Å².